The monoisotopic (exact) mass is 271 g/mol. The second-order valence-corrected chi connectivity index (χ2v) is 4.35. The Morgan fingerprint density at radius 3 is 2.68 bits per heavy atom. The maximum Gasteiger partial charge on any atom is 0.194 e. The number of likely N-dealkylation sites (N-methyl/N-ethyl adjacent to an activating group) is 1. The van der Waals surface area contributed by atoms with E-state index in [1.807, 2.05) is 13.0 Å². The zero-order valence-corrected chi connectivity index (χ0v) is 10.7. The van der Waals surface area contributed by atoms with Crippen molar-refractivity contribution in [3.8, 4) is 0 Å². The number of hydrogen-bond acceptors (Lipinski definition) is 2. The molecule has 1 N–H and O–H groups in total. The number of rotatable bonds is 4. The number of ether oxygens (including phenoxy) is 1. The Balaban J connectivity index is 2.39. The van der Waals surface area contributed by atoms with Gasteiger partial charge in [-0.05, 0) is 31.5 Å². The van der Waals surface area contributed by atoms with Crippen LogP contribution in [-0.2, 0) is 4.74 Å². The first kappa shape index (κ1) is 13.9. The lowest BCUT2D eigenvalue weighted by atomic mass is 10.0. The van der Waals surface area contributed by atoms with Crippen LogP contribution in [0.1, 0.15) is 31.4 Å². The summed E-state index contributed by atoms with van der Waals surface area (Å²) in [4.78, 5) is 0. The maximum absolute atomic E-state index is 13.9. The quantitative estimate of drug-likeness (QED) is 0.847. The first-order valence-electron chi connectivity index (χ1n) is 6.34. The van der Waals surface area contributed by atoms with Gasteiger partial charge < -0.3 is 10.1 Å². The molecule has 0 fully saturated rings. The van der Waals surface area contributed by atoms with Crippen molar-refractivity contribution < 1.29 is 17.9 Å². The van der Waals surface area contributed by atoms with Crippen LogP contribution in [-0.4, -0.2) is 13.2 Å². The molecule has 1 aromatic rings. The molecule has 2 nitrogen and oxygen atoms in total. The Kier molecular flexibility index (Phi) is 4.47. The van der Waals surface area contributed by atoms with Crippen LogP contribution in [0.5, 0.6) is 0 Å². The Morgan fingerprint density at radius 2 is 2.05 bits per heavy atom. The third-order valence-electron chi connectivity index (χ3n) is 3.03. The summed E-state index contributed by atoms with van der Waals surface area (Å²) in [5.41, 5.74) is 0.0638. The number of benzene rings is 1. The molecule has 0 amide bonds. The molecular weight excluding hydrogens is 255 g/mol. The Morgan fingerprint density at radius 1 is 1.26 bits per heavy atom. The fourth-order valence-corrected chi connectivity index (χ4v) is 2.11. The van der Waals surface area contributed by atoms with Gasteiger partial charge in [0.25, 0.3) is 0 Å². The smallest absolute Gasteiger partial charge is 0.194 e. The highest BCUT2D eigenvalue weighted by Gasteiger charge is 2.25. The maximum atomic E-state index is 13.9. The van der Waals surface area contributed by atoms with Crippen LogP contribution >= 0.6 is 0 Å². The highest BCUT2D eigenvalue weighted by Crippen LogP contribution is 2.29. The lowest BCUT2D eigenvalue weighted by molar-refractivity contribution is 0.167. The second-order valence-electron chi connectivity index (χ2n) is 4.35. The first-order chi connectivity index (χ1) is 9.15. The molecule has 1 unspecified atom stereocenters. The van der Waals surface area contributed by atoms with E-state index in [-0.39, 0.29) is 5.56 Å². The van der Waals surface area contributed by atoms with Crippen molar-refractivity contribution in [2.75, 3.05) is 13.2 Å². The van der Waals surface area contributed by atoms with Crippen LogP contribution in [0.25, 0.3) is 0 Å². The Labute approximate surface area is 110 Å². The third kappa shape index (κ3) is 2.92. The average Bonchev–Trinajstić information content (AvgIpc) is 2.44. The van der Waals surface area contributed by atoms with Crippen molar-refractivity contribution >= 4 is 0 Å². The summed E-state index contributed by atoms with van der Waals surface area (Å²) in [6.07, 6.45) is 3.60. The zero-order chi connectivity index (χ0) is 13.8. The molecular formula is C14H16F3NO. The predicted molar refractivity (Wildman–Crippen MR) is 66.0 cm³/mol. The Bertz CT molecular complexity index is 488. The largest absolute Gasteiger partial charge is 0.496 e. The van der Waals surface area contributed by atoms with E-state index < -0.39 is 23.5 Å². The van der Waals surface area contributed by atoms with E-state index in [4.69, 9.17) is 4.74 Å². The molecule has 0 aliphatic carbocycles. The van der Waals surface area contributed by atoms with Gasteiger partial charge in [-0.2, -0.15) is 0 Å². The van der Waals surface area contributed by atoms with Gasteiger partial charge in [-0.25, -0.2) is 13.2 Å². The number of hydrogen-bond donors (Lipinski definition) is 1. The van der Waals surface area contributed by atoms with Gasteiger partial charge >= 0.3 is 0 Å². The molecule has 0 spiro atoms. The summed E-state index contributed by atoms with van der Waals surface area (Å²) in [7, 11) is 0. The van der Waals surface area contributed by atoms with Gasteiger partial charge in [0.15, 0.2) is 17.5 Å². The molecule has 1 aliphatic rings. The molecule has 5 heteroatoms. The van der Waals surface area contributed by atoms with Crippen molar-refractivity contribution in [1.29, 1.82) is 0 Å². The molecule has 1 aliphatic heterocycles. The standard InChI is InChI=1S/C14H16F3NO/c1-2-18-14(11-5-3-4-8-19-11)9-6-7-10(15)13(17)12(9)16/h5-7,14,18H,2-4,8H2,1H3. The predicted octanol–water partition coefficient (Wildman–Crippen LogP) is 3.45. The van der Waals surface area contributed by atoms with E-state index in [0.29, 0.717) is 18.9 Å². The van der Waals surface area contributed by atoms with Gasteiger partial charge in [0.05, 0.1) is 12.6 Å². The summed E-state index contributed by atoms with van der Waals surface area (Å²) in [6, 6.07) is 1.60. The highest BCUT2D eigenvalue weighted by atomic mass is 19.2. The van der Waals surface area contributed by atoms with Crippen molar-refractivity contribution in [3.63, 3.8) is 0 Å². The molecule has 0 radical (unpaired) electrons. The van der Waals surface area contributed by atoms with Gasteiger partial charge in [-0.15, -0.1) is 0 Å². The van der Waals surface area contributed by atoms with Gasteiger partial charge in [-0.3, -0.25) is 0 Å². The third-order valence-corrected chi connectivity index (χ3v) is 3.03. The average molecular weight is 271 g/mol. The SMILES string of the molecule is CCNC(C1=CCCCO1)c1ccc(F)c(F)c1F. The summed E-state index contributed by atoms with van der Waals surface area (Å²) in [5, 5.41) is 3.03. The summed E-state index contributed by atoms with van der Waals surface area (Å²) < 4.78 is 45.6. The molecule has 0 saturated carbocycles. The van der Waals surface area contributed by atoms with E-state index in [9.17, 15) is 13.2 Å². The van der Waals surface area contributed by atoms with Gasteiger partial charge in [0.1, 0.15) is 5.76 Å². The fraction of sp³-hybridized carbons (Fsp3) is 0.429. The number of halogens is 3. The van der Waals surface area contributed by atoms with Crippen molar-refractivity contribution in [2.45, 2.75) is 25.8 Å². The van der Waals surface area contributed by atoms with Gasteiger partial charge in [0, 0.05) is 5.56 Å². The summed E-state index contributed by atoms with van der Waals surface area (Å²) in [6.45, 7) is 2.97. The lowest BCUT2D eigenvalue weighted by Gasteiger charge is -2.25. The number of nitrogens with one attached hydrogen (secondary N) is 1. The Hall–Kier alpha value is -1.49. The van der Waals surface area contributed by atoms with E-state index in [0.717, 1.165) is 18.9 Å². The van der Waals surface area contributed by atoms with Crippen LogP contribution in [0, 0.1) is 17.5 Å². The van der Waals surface area contributed by atoms with Crippen LogP contribution in [0.3, 0.4) is 0 Å². The molecule has 104 valence electrons. The fourth-order valence-electron chi connectivity index (χ4n) is 2.11. The van der Waals surface area contributed by atoms with E-state index in [1.54, 1.807) is 0 Å². The number of allylic oxidation sites excluding steroid dienone is 1. The van der Waals surface area contributed by atoms with Crippen molar-refractivity contribution in [3.05, 3.63) is 47.0 Å². The molecule has 0 saturated heterocycles. The molecule has 1 heterocycles. The first-order valence-corrected chi connectivity index (χ1v) is 6.34. The van der Waals surface area contributed by atoms with E-state index in [2.05, 4.69) is 5.32 Å². The van der Waals surface area contributed by atoms with Crippen molar-refractivity contribution in [1.82, 2.24) is 5.32 Å². The normalized spacial score (nSPS) is 16.7. The molecule has 0 aromatic heterocycles. The zero-order valence-electron chi connectivity index (χ0n) is 10.7. The van der Waals surface area contributed by atoms with E-state index in [1.165, 1.54) is 6.07 Å². The molecule has 19 heavy (non-hydrogen) atoms. The molecule has 2 rings (SSSR count). The highest BCUT2D eigenvalue weighted by molar-refractivity contribution is 5.29. The van der Waals surface area contributed by atoms with Gasteiger partial charge in [-0.1, -0.05) is 13.0 Å². The molecule has 1 aromatic carbocycles. The second kappa shape index (κ2) is 6.10. The van der Waals surface area contributed by atoms with Crippen LogP contribution in [0.2, 0.25) is 0 Å². The summed E-state index contributed by atoms with van der Waals surface area (Å²) in [5.74, 6) is -3.23. The lowest BCUT2D eigenvalue weighted by Crippen LogP contribution is -2.26. The van der Waals surface area contributed by atoms with Crippen LogP contribution < -0.4 is 5.32 Å². The summed E-state index contributed by atoms with van der Waals surface area (Å²) >= 11 is 0. The van der Waals surface area contributed by atoms with Crippen LogP contribution in [0.4, 0.5) is 13.2 Å². The van der Waals surface area contributed by atoms with E-state index >= 15 is 0 Å². The minimum absolute atomic E-state index is 0.0638. The van der Waals surface area contributed by atoms with Gasteiger partial charge in [0.2, 0.25) is 0 Å². The molecule has 0 bridgehead atoms. The minimum Gasteiger partial charge on any atom is -0.496 e. The van der Waals surface area contributed by atoms with Crippen molar-refractivity contribution in [2.24, 2.45) is 0 Å². The molecule has 1 atom stereocenters. The minimum atomic E-state index is -1.45. The van der Waals surface area contributed by atoms with Crippen LogP contribution in [0.15, 0.2) is 24.0 Å². The topological polar surface area (TPSA) is 21.3 Å².